The predicted molar refractivity (Wildman–Crippen MR) is 80.9 cm³/mol. The second-order valence-corrected chi connectivity index (χ2v) is 5.87. The van der Waals surface area contributed by atoms with Crippen LogP contribution >= 0.6 is 43.5 Å². The summed E-state index contributed by atoms with van der Waals surface area (Å²) < 4.78 is 20.1. The fraction of sp³-hybridized carbons (Fsp3) is 0.167. The van der Waals surface area contributed by atoms with Gasteiger partial charge in [-0.2, -0.15) is 0 Å². The molecule has 0 bridgehead atoms. The fourth-order valence-electron chi connectivity index (χ4n) is 1.62. The highest BCUT2D eigenvalue weighted by atomic mass is 79.9. The van der Waals surface area contributed by atoms with Crippen LogP contribution in [0.3, 0.4) is 0 Å². The van der Waals surface area contributed by atoms with E-state index in [2.05, 4.69) is 37.2 Å². The van der Waals surface area contributed by atoms with Crippen molar-refractivity contribution >= 4 is 49.1 Å². The summed E-state index contributed by atoms with van der Waals surface area (Å²) in [5.74, 6) is 0.231. The number of rotatable bonds is 4. The minimum absolute atomic E-state index is 0.277. The fourth-order valence-corrected chi connectivity index (χ4v) is 2.45. The molecule has 0 amide bonds. The minimum atomic E-state index is -0.410. The maximum absolute atomic E-state index is 13.3. The van der Waals surface area contributed by atoms with Gasteiger partial charge in [0.2, 0.25) is 0 Å². The minimum Gasteiger partial charge on any atom is -0.451 e. The maximum atomic E-state index is 13.3. The molecule has 2 rings (SSSR count). The Labute approximate surface area is 131 Å². The van der Waals surface area contributed by atoms with Crippen LogP contribution < -0.4 is 11.1 Å². The summed E-state index contributed by atoms with van der Waals surface area (Å²) in [6.07, 6.45) is 0. The number of nitrogens with two attached hydrogens (primary N) is 1. The SMILES string of the molecule is NCC(Nc1cc(F)cc(Cl)c1)c1cc(Br)c(Br)o1. The molecule has 2 aromatic rings. The topological polar surface area (TPSA) is 51.2 Å². The highest BCUT2D eigenvalue weighted by molar-refractivity contribution is 9.13. The van der Waals surface area contributed by atoms with Crippen molar-refractivity contribution in [1.29, 1.82) is 0 Å². The first-order chi connectivity index (χ1) is 8.99. The van der Waals surface area contributed by atoms with Crippen LogP contribution in [0.4, 0.5) is 10.1 Å². The van der Waals surface area contributed by atoms with E-state index in [4.69, 9.17) is 21.8 Å². The molecule has 3 N–H and O–H groups in total. The van der Waals surface area contributed by atoms with E-state index in [1.807, 2.05) is 0 Å². The lowest BCUT2D eigenvalue weighted by atomic mass is 10.2. The molecule has 1 aromatic heterocycles. The third kappa shape index (κ3) is 3.72. The van der Waals surface area contributed by atoms with Crippen LogP contribution in [0.25, 0.3) is 0 Å². The summed E-state index contributed by atoms with van der Waals surface area (Å²) in [5.41, 5.74) is 6.25. The van der Waals surface area contributed by atoms with Gasteiger partial charge in [-0.1, -0.05) is 11.6 Å². The van der Waals surface area contributed by atoms with Gasteiger partial charge in [0.15, 0.2) is 4.67 Å². The van der Waals surface area contributed by atoms with Crippen LogP contribution in [0.5, 0.6) is 0 Å². The van der Waals surface area contributed by atoms with Crippen molar-refractivity contribution in [2.45, 2.75) is 6.04 Å². The molecule has 0 aliphatic carbocycles. The monoisotopic (exact) mass is 410 g/mol. The highest BCUT2D eigenvalue weighted by Gasteiger charge is 2.16. The molecular weight excluding hydrogens is 402 g/mol. The molecule has 0 radical (unpaired) electrons. The average Bonchev–Trinajstić information content (AvgIpc) is 2.65. The van der Waals surface area contributed by atoms with E-state index in [9.17, 15) is 4.39 Å². The van der Waals surface area contributed by atoms with E-state index in [-0.39, 0.29) is 6.04 Å². The summed E-state index contributed by atoms with van der Waals surface area (Å²) in [6.45, 7) is 0.292. The second kappa shape index (κ2) is 6.26. The number of nitrogens with one attached hydrogen (secondary N) is 1. The zero-order valence-corrected chi connectivity index (χ0v) is 13.5. The van der Waals surface area contributed by atoms with Gasteiger partial charge in [-0.25, -0.2) is 4.39 Å². The van der Waals surface area contributed by atoms with E-state index in [0.717, 1.165) is 4.47 Å². The maximum Gasteiger partial charge on any atom is 0.183 e. The number of benzene rings is 1. The van der Waals surface area contributed by atoms with E-state index in [1.165, 1.54) is 12.1 Å². The quantitative estimate of drug-likeness (QED) is 0.765. The molecule has 1 heterocycles. The van der Waals surface area contributed by atoms with E-state index in [0.29, 0.717) is 27.7 Å². The van der Waals surface area contributed by atoms with Gasteiger partial charge in [-0.05, 0) is 56.1 Å². The van der Waals surface area contributed by atoms with Gasteiger partial charge in [-0.3, -0.25) is 0 Å². The first-order valence-corrected chi connectivity index (χ1v) is 7.33. The van der Waals surface area contributed by atoms with Crippen LogP contribution in [0.1, 0.15) is 11.8 Å². The van der Waals surface area contributed by atoms with Gasteiger partial charge in [0, 0.05) is 17.3 Å². The zero-order valence-electron chi connectivity index (χ0n) is 9.59. The number of furan rings is 1. The summed E-state index contributed by atoms with van der Waals surface area (Å²) in [6, 6.07) is 5.74. The largest absolute Gasteiger partial charge is 0.451 e. The van der Waals surface area contributed by atoms with Crippen LogP contribution in [0, 0.1) is 5.82 Å². The van der Waals surface area contributed by atoms with Crippen LogP contribution in [-0.2, 0) is 0 Å². The summed E-state index contributed by atoms with van der Waals surface area (Å²) >= 11 is 12.4. The molecule has 1 unspecified atom stereocenters. The van der Waals surface area contributed by atoms with E-state index in [1.54, 1.807) is 12.1 Å². The van der Waals surface area contributed by atoms with Crippen molar-refractivity contribution in [3.05, 3.63) is 50.0 Å². The Balaban J connectivity index is 2.23. The Morgan fingerprint density at radius 2 is 2.05 bits per heavy atom. The van der Waals surface area contributed by atoms with Gasteiger partial charge < -0.3 is 15.5 Å². The van der Waals surface area contributed by atoms with Crippen molar-refractivity contribution in [1.82, 2.24) is 0 Å². The third-order valence-electron chi connectivity index (χ3n) is 2.45. The summed E-state index contributed by atoms with van der Waals surface area (Å²) in [5, 5.41) is 3.40. The van der Waals surface area contributed by atoms with Gasteiger partial charge in [0.05, 0.1) is 10.5 Å². The Morgan fingerprint density at radius 3 is 2.58 bits per heavy atom. The van der Waals surface area contributed by atoms with Crippen LogP contribution in [-0.4, -0.2) is 6.54 Å². The Hall–Kier alpha value is -0.560. The lowest BCUT2D eigenvalue weighted by Gasteiger charge is -2.16. The van der Waals surface area contributed by atoms with Crippen molar-refractivity contribution in [3.63, 3.8) is 0 Å². The smallest absolute Gasteiger partial charge is 0.183 e. The molecule has 1 atom stereocenters. The predicted octanol–water partition coefficient (Wildman–Crippen LogP) is 4.71. The molecule has 3 nitrogen and oxygen atoms in total. The normalized spacial score (nSPS) is 12.5. The number of hydrogen-bond acceptors (Lipinski definition) is 3. The second-order valence-electron chi connectivity index (χ2n) is 3.86. The van der Waals surface area contributed by atoms with E-state index < -0.39 is 5.82 Å². The van der Waals surface area contributed by atoms with Gasteiger partial charge >= 0.3 is 0 Å². The first-order valence-electron chi connectivity index (χ1n) is 5.37. The average molecular weight is 412 g/mol. The number of hydrogen-bond donors (Lipinski definition) is 2. The van der Waals surface area contributed by atoms with E-state index >= 15 is 0 Å². The zero-order chi connectivity index (χ0) is 14.0. The molecule has 1 aromatic carbocycles. The molecule has 7 heteroatoms. The number of halogens is 4. The lowest BCUT2D eigenvalue weighted by molar-refractivity contribution is 0.462. The molecule has 19 heavy (non-hydrogen) atoms. The van der Waals surface area contributed by atoms with Crippen LogP contribution in [0.15, 0.2) is 37.8 Å². The van der Waals surface area contributed by atoms with Crippen LogP contribution in [0.2, 0.25) is 5.02 Å². The Kier molecular flexibility index (Phi) is 4.89. The third-order valence-corrected chi connectivity index (χ3v) is 4.38. The molecule has 0 fully saturated rings. The summed E-state index contributed by atoms with van der Waals surface area (Å²) in [4.78, 5) is 0. The molecule has 102 valence electrons. The van der Waals surface area contributed by atoms with Crippen molar-refractivity contribution in [2.24, 2.45) is 5.73 Å². The van der Waals surface area contributed by atoms with Crippen molar-refractivity contribution < 1.29 is 8.81 Å². The first kappa shape index (κ1) is 14.8. The molecule has 0 aliphatic rings. The van der Waals surface area contributed by atoms with Gasteiger partial charge in [-0.15, -0.1) is 0 Å². The number of anilines is 1. The molecule has 0 spiro atoms. The molecular formula is C12H10Br2ClFN2O. The van der Waals surface area contributed by atoms with Crippen molar-refractivity contribution in [2.75, 3.05) is 11.9 Å². The van der Waals surface area contributed by atoms with Gasteiger partial charge in [0.1, 0.15) is 11.6 Å². The lowest BCUT2D eigenvalue weighted by Crippen LogP contribution is -2.20. The Morgan fingerprint density at radius 1 is 1.32 bits per heavy atom. The Bertz CT molecular complexity index is 551. The summed E-state index contributed by atoms with van der Waals surface area (Å²) in [7, 11) is 0. The van der Waals surface area contributed by atoms with Crippen molar-refractivity contribution in [3.8, 4) is 0 Å². The standard InChI is InChI=1S/C12H10Br2ClFN2O/c13-9-4-11(19-12(9)14)10(5-17)18-8-2-6(15)1-7(16)3-8/h1-4,10,18H,5,17H2. The molecule has 0 saturated carbocycles. The molecule has 0 saturated heterocycles. The molecule has 0 aliphatic heterocycles. The highest BCUT2D eigenvalue weighted by Crippen LogP contribution is 2.31. The van der Waals surface area contributed by atoms with Gasteiger partial charge in [0.25, 0.3) is 0 Å².